The number of aromatic hydroxyl groups is 1. The van der Waals surface area contributed by atoms with Crippen molar-refractivity contribution in [3.63, 3.8) is 0 Å². The summed E-state index contributed by atoms with van der Waals surface area (Å²) in [6, 6.07) is 13.4. The topological polar surface area (TPSA) is 114 Å². The minimum absolute atomic E-state index is 0.102. The van der Waals surface area contributed by atoms with E-state index in [0.29, 0.717) is 11.2 Å². The van der Waals surface area contributed by atoms with Crippen LogP contribution in [0.15, 0.2) is 59.0 Å². The van der Waals surface area contributed by atoms with Crippen LogP contribution in [0.4, 0.5) is 21.8 Å². The molecule has 2 aromatic carbocycles. The highest BCUT2D eigenvalue weighted by molar-refractivity contribution is 5.92. The van der Waals surface area contributed by atoms with E-state index in [9.17, 15) is 19.6 Å². The minimum atomic E-state index is -0.633. The minimum Gasteiger partial charge on any atom is -0.508 e. The molecule has 4 rings (SSSR count). The number of rotatable bonds is 5. The summed E-state index contributed by atoms with van der Waals surface area (Å²) in [5.41, 5.74) is 0.981. The Kier molecular flexibility index (Phi) is 4.62. The van der Waals surface area contributed by atoms with Gasteiger partial charge in [0.2, 0.25) is 0 Å². The average Bonchev–Trinajstić information content (AvgIpc) is 3.18. The van der Waals surface area contributed by atoms with Gasteiger partial charge in [0, 0.05) is 5.69 Å². The number of nitrogens with zero attached hydrogens (tertiary/aromatic N) is 3. The molecule has 0 fully saturated rings. The third-order valence-corrected chi connectivity index (χ3v) is 4.01. The van der Waals surface area contributed by atoms with Crippen molar-refractivity contribution in [3.8, 4) is 5.75 Å². The lowest BCUT2D eigenvalue weighted by molar-refractivity contribution is -0.402. The zero-order chi connectivity index (χ0) is 20.4. The predicted molar refractivity (Wildman–Crippen MR) is 105 cm³/mol. The van der Waals surface area contributed by atoms with E-state index in [-0.39, 0.29) is 34.4 Å². The van der Waals surface area contributed by atoms with Crippen LogP contribution in [-0.4, -0.2) is 20.0 Å². The molecule has 2 N–H and O–H groups in total. The third-order valence-electron chi connectivity index (χ3n) is 4.01. The lowest BCUT2D eigenvalue weighted by atomic mass is 10.2. The van der Waals surface area contributed by atoms with E-state index in [1.165, 1.54) is 42.5 Å². The van der Waals surface area contributed by atoms with Crippen LogP contribution >= 0.6 is 0 Å². The van der Waals surface area contributed by atoms with Gasteiger partial charge in [-0.05, 0) is 54.6 Å². The summed E-state index contributed by atoms with van der Waals surface area (Å²) in [6.45, 7) is 0. The van der Waals surface area contributed by atoms with Gasteiger partial charge < -0.3 is 14.8 Å². The van der Waals surface area contributed by atoms with Crippen LogP contribution in [0.2, 0.25) is 0 Å². The third kappa shape index (κ3) is 3.88. The molecular formula is C20H13FN4O4. The van der Waals surface area contributed by atoms with Crippen molar-refractivity contribution in [2.75, 3.05) is 5.32 Å². The predicted octanol–water partition coefficient (Wildman–Crippen LogP) is 4.89. The Labute approximate surface area is 163 Å². The number of anilines is 2. The van der Waals surface area contributed by atoms with Gasteiger partial charge in [-0.3, -0.25) is 10.1 Å². The second kappa shape index (κ2) is 7.39. The van der Waals surface area contributed by atoms with Crippen molar-refractivity contribution in [1.29, 1.82) is 0 Å². The molecule has 0 aliphatic carbocycles. The van der Waals surface area contributed by atoms with Gasteiger partial charge in [0.05, 0.1) is 17.0 Å². The highest BCUT2D eigenvalue weighted by atomic mass is 19.1. The number of nitrogens with one attached hydrogen (secondary N) is 1. The Morgan fingerprint density at radius 2 is 1.86 bits per heavy atom. The molecular weight excluding hydrogens is 379 g/mol. The van der Waals surface area contributed by atoms with Crippen molar-refractivity contribution in [2.45, 2.75) is 0 Å². The van der Waals surface area contributed by atoms with Gasteiger partial charge in [-0.15, -0.1) is 0 Å². The molecule has 9 heteroatoms. The van der Waals surface area contributed by atoms with Crippen LogP contribution in [0.5, 0.6) is 5.75 Å². The highest BCUT2D eigenvalue weighted by Gasteiger charge is 2.13. The second-order valence-electron chi connectivity index (χ2n) is 6.00. The fourth-order valence-corrected chi connectivity index (χ4v) is 2.69. The first-order chi connectivity index (χ1) is 14.0. The molecule has 4 aromatic rings. The van der Waals surface area contributed by atoms with Gasteiger partial charge >= 0.3 is 5.88 Å². The molecule has 0 bridgehead atoms. The SMILES string of the molecule is O=[N+]([O-])c1ccc(C=Cc2nc(Nc3ccc(O)cc3)c3c(F)cccc3n2)o1. The number of phenolic OH excluding ortho intramolecular Hbond substituents is 1. The average molecular weight is 392 g/mol. The number of hydrogen-bond acceptors (Lipinski definition) is 7. The largest absolute Gasteiger partial charge is 0.508 e. The number of nitro groups is 1. The van der Waals surface area contributed by atoms with E-state index in [4.69, 9.17) is 4.42 Å². The molecule has 0 unspecified atom stereocenters. The molecule has 2 aromatic heterocycles. The molecule has 0 aliphatic rings. The number of hydrogen-bond donors (Lipinski definition) is 2. The van der Waals surface area contributed by atoms with Crippen molar-refractivity contribution in [3.05, 3.63) is 82.1 Å². The molecule has 0 saturated carbocycles. The zero-order valence-corrected chi connectivity index (χ0v) is 14.7. The number of furan rings is 1. The molecule has 144 valence electrons. The van der Waals surface area contributed by atoms with E-state index in [1.807, 2.05) is 0 Å². The maximum Gasteiger partial charge on any atom is 0.433 e. The molecule has 0 aliphatic heterocycles. The Bertz CT molecular complexity index is 1240. The van der Waals surface area contributed by atoms with E-state index in [0.717, 1.165) is 0 Å². The van der Waals surface area contributed by atoms with Gasteiger partial charge in [0.25, 0.3) is 0 Å². The smallest absolute Gasteiger partial charge is 0.433 e. The molecule has 0 saturated heterocycles. The summed E-state index contributed by atoms with van der Waals surface area (Å²) >= 11 is 0. The first kappa shape index (κ1) is 18.1. The first-order valence-electron chi connectivity index (χ1n) is 8.44. The molecule has 0 spiro atoms. The van der Waals surface area contributed by atoms with Gasteiger partial charge in [0.1, 0.15) is 28.1 Å². The zero-order valence-electron chi connectivity index (χ0n) is 14.7. The molecule has 0 atom stereocenters. The second-order valence-corrected chi connectivity index (χ2v) is 6.00. The van der Waals surface area contributed by atoms with Crippen molar-refractivity contribution in [1.82, 2.24) is 9.97 Å². The van der Waals surface area contributed by atoms with E-state index < -0.39 is 10.7 Å². The molecule has 8 nitrogen and oxygen atoms in total. The van der Waals surface area contributed by atoms with E-state index >= 15 is 0 Å². The summed E-state index contributed by atoms with van der Waals surface area (Å²) in [4.78, 5) is 18.7. The maximum absolute atomic E-state index is 14.4. The standard InChI is InChI=1S/C20H13FN4O4/c21-15-2-1-3-16-19(15)20(22-12-4-6-13(26)7-5-12)24-17(23-16)10-8-14-9-11-18(29-14)25(27)28/h1-11,26H,(H,22,23,24). The summed E-state index contributed by atoms with van der Waals surface area (Å²) in [5, 5.41) is 23.4. The van der Waals surface area contributed by atoms with Crippen LogP contribution < -0.4 is 5.32 Å². The fraction of sp³-hybridized carbons (Fsp3) is 0. The Hall–Kier alpha value is -4.27. The van der Waals surface area contributed by atoms with Gasteiger partial charge in [-0.25, -0.2) is 14.4 Å². The summed E-state index contributed by atoms with van der Waals surface area (Å²) in [7, 11) is 0. The lowest BCUT2D eigenvalue weighted by Gasteiger charge is -2.10. The van der Waals surface area contributed by atoms with Crippen molar-refractivity contribution in [2.24, 2.45) is 0 Å². The van der Waals surface area contributed by atoms with E-state index in [1.54, 1.807) is 24.3 Å². The quantitative estimate of drug-likeness (QED) is 0.282. The lowest BCUT2D eigenvalue weighted by Crippen LogP contribution is -2.00. The number of benzene rings is 2. The number of halogens is 1. The van der Waals surface area contributed by atoms with Crippen molar-refractivity contribution >= 4 is 40.4 Å². The summed E-state index contributed by atoms with van der Waals surface area (Å²) in [5.74, 6) is -0.00720. The summed E-state index contributed by atoms with van der Waals surface area (Å²) in [6.07, 6.45) is 2.99. The van der Waals surface area contributed by atoms with Gasteiger partial charge in [-0.2, -0.15) is 0 Å². The van der Waals surface area contributed by atoms with Crippen LogP contribution in [0.1, 0.15) is 11.6 Å². The molecule has 0 radical (unpaired) electrons. The molecule has 2 heterocycles. The fourth-order valence-electron chi connectivity index (χ4n) is 2.69. The Balaban J connectivity index is 1.73. The first-order valence-corrected chi connectivity index (χ1v) is 8.44. The Morgan fingerprint density at radius 1 is 1.07 bits per heavy atom. The number of aromatic nitrogens is 2. The van der Waals surface area contributed by atoms with Crippen LogP contribution in [0.25, 0.3) is 23.1 Å². The summed E-state index contributed by atoms with van der Waals surface area (Å²) < 4.78 is 19.5. The van der Waals surface area contributed by atoms with Gasteiger partial charge in [0.15, 0.2) is 5.82 Å². The monoisotopic (exact) mass is 392 g/mol. The highest BCUT2D eigenvalue weighted by Crippen LogP contribution is 2.27. The van der Waals surface area contributed by atoms with Crippen molar-refractivity contribution < 1.29 is 18.8 Å². The normalized spacial score (nSPS) is 11.2. The van der Waals surface area contributed by atoms with Crippen LogP contribution in [0.3, 0.4) is 0 Å². The van der Waals surface area contributed by atoms with Gasteiger partial charge in [-0.1, -0.05) is 6.07 Å². The molecule has 0 amide bonds. The van der Waals surface area contributed by atoms with Crippen LogP contribution in [-0.2, 0) is 0 Å². The van der Waals surface area contributed by atoms with Crippen LogP contribution in [0, 0.1) is 15.9 Å². The van der Waals surface area contributed by atoms with E-state index in [2.05, 4.69) is 15.3 Å². The Morgan fingerprint density at radius 3 is 2.59 bits per heavy atom. The maximum atomic E-state index is 14.4. The molecule has 29 heavy (non-hydrogen) atoms. The number of fused-ring (bicyclic) bond motifs is 1. The number of phenols is 1.